The molecule has 0 aliphatic carbocycles. The lowest BCUT2D eigenvalue weighted by Gasteiger charge is -2.30. The van der Waals surface area contributed by atoms with Gasteiger partial charge in [0, 0.05) is 20.1 Å². The number of nitrogens with zero attached hydrogens (tertiary/aromatic N) is 3. The smallest absolute Gasteiger partial charge is 0.309 e. The van der Waals surface area contributed by atoms with E-state index < -0.39 is 15.9 Å². The highest BCUT2D eigenvalue weighted by Gasteiger charge is 2.36. The molecule has 2 rings (SSSR count). The van der Waals surface area contributed by atoms with E-state index in [4.69, 9.17) is 11.6 Å². The lowest BCUT2D eigenvalue weighted by Crippen LogP contribution is -2.43. The van der Waals surface area contributed by atoms with Crippen molar-refractivity contribution in [3.8, 4) is 0 Å². The second-order valence-corrected chi connectivity index (χ2v) is 6.91. The molecular formula is C11H16ClN3O4S. The lowest BCUT2D eigenvalue weighted by atomic mass is 10.0. The predicted molar refractivity (Wildman–Crippen MR) is 71.7 cm³/mol. The normalized spacial score (nSPS) is 20.9. The Kier molecular flexibility index (Phi) is 4.36. The Hall–Kier alpha value is -1.12. The van der Waals surface area contributed by atoms with Crippen molar-refractivity contribution in [2.45, 2.75) is 17.9 Å². The highest BCUT2D eigenvalue weighted by molar-refractivity contribution is 7.89. The summed E-state index contributed by atoms with van der Waals surface area (Å²) in [5.74, 6) is -0.823. The molecule has 1 aliphatic rings. The standard InChI is InChI=1S/C11H16ClN3O4S/c1-14-10(9(12)6-13-14)20(17,18)15-5-3-4-8(7-15)11(16)19-2/h6,8H,3-5,7H2,1-2H3. The number of halogens is 1. The molecule has 9 heteroatoms. The third kappa shape index (κ3) is 2.68. The van der Waals surface area contributed by atoms with Gasteiger partial charge in [0.15, 0.2) is 5.03 Å². The number of sulfonamides is 1. The van der Waals surface area contributed by atoms with Gasteiger partial charge in [0.25, 0.3) is 10.0 Å². The number of aryl methyl sites for hydroxylation is 1. The molecule has 1 saturated heterocycles. The Morgan fingerprint density at radius 3 is 2.80 bits per heavy atom. The summed E-state index contributed by atoms with van der Waals surface area (Å²) in [6.45, 7) is 0.466. The van der Waals surface area contributed by atoms with E-state index >= 15 is 0 Å². The third-order valence-electron chi connectivity index (χ3n) is 3.35. The molecule has 0 saturated carbocycles. The Balaban J connectivity index is 2.28. The van der Waals surface area contributed by atoms with Crippen molar-refractivity contribution >= 4 is 27.6 Å². The van der Waals surface area contributed by atoms with Crippen LogP contribution in [-0.4, -0.2) is 48.7 Å². The summed E-state index contributed by atoms with van der Waals surface area (Å²) in [6, 6.07) is 0. The molecule has 1 unspecified atom stereocenters. The van der Waals surface area contributed by atoms with E-state index in [0.717, 1.165) is 0 Å². The highest BCUT2D eigenvalue weighted by Crippen LogP contribution is 2.28. The van der Waals surface area contributed by atoms with Gasteiger partial charge in [-0.3, -0.25) is 9.48 Å². The SMILES string of the molecule is COC(=O)C1CCCN(S(=O)(=O)c2c(Cl)cnn2C)C1. The van der Waals surface area contributed by atoms with Gasteiger partial charge in [-0.25, -0.2) is 8.42 Å². The quantitative estimate of drug-likeness (QED) is 0.763. The summed E-state index contributed by atoms with van der Waals surface area (Å²) >= 11 is 5.89. The second kappa shape index (κ2) is 5.71. The van der Waals surface area contributed by atoms with Crippen molar-refractivity contribution in [1.82, 2.24) is 14.1 Å². The third-order valence-corrected chi connectivity index (χ3v) is 5.72. The minimum absolute atomic E-state index is 0.0512. The van der Waals surface area contributed by atoms with Gasteiger partial charge >= 0.3 is 5.97 Å². The van der Waals surface area contributed by atoms with E-state index in [1.54, 1.807) is 0 Å². The van der Waals surface area contributed by atoms with Crippen molar-refractivity contribution in [2.24, 2.45) is 13.0 Å². The summed E-state index contributed by atoms with van der Waals surface area (Å²) in [5, 5.41) is 3.86. The van der Waals surface area contributed by atoms with Gasteiger partial charge in [0.2, 0.25) is 0 Å². The van der Waals surface area contributed by atoms with E-state index in [1.807, 2.05) is 0 Å². The maximum Gasteiger partial charge on any atom is 0.309 e. The summed E-state index contributed by atoms with van der Waals surface area (Å²) in [4.78, 5) is 11.6. The zero-order valence-corrected chi connectivity index (χ0v) is 12.8. The molecule has 1 aromatic heterocycles. The summed E-state index contributed by atoms with van der Waals surface area (Å²) in [6.07, 6.45) is 2.52. The monoisotopic (exact) mass is 321 g/mol. The van der Waals surface area contributed by atoms with Crippen molar-refractivity contribution in [3.63, 3.8) is 0 Å². The fourth-order valence-corrected chi connectivity index (χ4v) is 4.46. The molecule has 2 heterocycles. The summed E-state index contributed by atoms with van der Waals surface area (Å²) in [7, 11) is -0.947. The number of hydrogen-bond acceptors (Lipinski definition) is 5. The highest BCUT2D eigenvalue weighted by atomic mass is 35.5. The molecular weight excluding hydrogens is 306 g/mol. The van der Waals surface area contributed by atoms with Gasteiger partial charge in [-0.2, -0.15) is 9.40 Å². The number of ether oxygens (including phenoxy) is 1. The Bertz CT molecular complexity index is 594. The van der Waals surface area contributed by atoms with Crippen LogP contribution in [0.15, 0.2) is 11.2 Å². The molecule has 0 radical (unpaired) electrons. The Morgan fingerprint density at radius 1 is 1.55 bits per heavy atom. The van der Waals surface area contributed by atoms with Crippen LogP contribution < -0.4 is 0 Å². The molecule has 7 nitrogen and oxygen atoms in total. The van der Waals surface area contributed by atoms with Gasteiger partial charge in [-0.1, -0.05) is 11.6 Å². The van der Waals surface area contributed by atoms with Gasteiger partial charge < -0.3 is 4.74 Å². The van der Waals surface area contributed by atoms with E-state index in [9.17, 15) is 13.2 Å². The zero-order chi connectivity index (χ0) is 14.9. The lowest BCUT2D eigenvalue weighted by molar-refractivity contribution is -0.146. The van der Waals surface area contributed by atoms with E-state index in [-0.39, 0.29) is 22.6 Å². The number of esters is 1. The molecule has 0 aromatic carbocycles. The van der Waals surface area contributed by atoms with Gasteiger partial charge in [0.05, 0.1) is 24.2 Å². The van der Waals surface area contributed by atoms with Crippen molar-refractivity contribution < 1.29 is 17.9 Å². The molecule has 0 N–H and O–H groups in total. The molecule has 1 atom stereocenters. The van der Waals surface area contributed by atoms with Gasteiger partial charge in [-0.05, 0) is 12.8 Å². The maximum atomic E-state index is 12.6. The summed E-state index contributed by atoms with van der Waals surface area (Å²) in [5.41, 5.74) is 0. The number of carbonyl (C=O) groups excluding carboxylic acids is 1. The van der Waals surface area contributed by atoms with Crippen molar-refractivity contribution in [1.29, 1.82) is 0 Å². The molecule has 20 heavy (non-hydrogen) atoms. The Morgan fingerprint density at radius 2 is 2.25 bits per heavy atom. The average molecular weight is 322 g/mol. The number of hydrogen-bond donors (Lipinski definition) is 0. The van der Waals surface area contributed by atoms with E-state index in [2.05, 4.69) is 9.84 Å². The first kappa shape index (κ1) is 15.3. The number of carbonyl (C=O) groups is 1. The molecule has 0 spiro atoms. The van der Waals surface area contributed by atoms with Gasteiger partial charge in [0.1, 0.15) is 0 Å². The topological polar surface area (TPSA) is 81.5 Å². The van der Waals surface area contributed by atoms with Crippen molar-refractivity contribution in [2.75, 3.05) is 20.2 Å². The largest absolute Gasteiger partial charge is 0.469 e. The Labute approximate surface area is 122 Å². The fraction of sp³-hybridized carbons (Fsp3) is 0.636. The average Bonchev–Trinajstić information content (AvgIpc) is 2.78. The van der Waals surface area contributed by atoms with E-state index in [0.29, 0.717) is 19.4 Å². The van der Waals surface area contributed by atoms with E-state index in [1.165, 1.54) is 29.3 Å². The zero-order valence-electron chi connectivity index (χ0n) is 11.2. The minimum atomic E-state index is -3.76. The van der Waals surface area contributed by atoms with Crippen molar-refractivity contribution in [3.05, 3.63) is 11.2 Å². The first-order valence-corrected chi connectivity index (χ1v) is 7.95. The molecule has 112 valence electrons. The molecule has 0 bridgehead atoms. The first-order chi connectivity index (χ1) is 9.37. The maximum absolute atomic E-state index is 12.6. The van der Waals surface area contributed by atoms with Gasteiger partial charge in [-0.15, -0.1) is 0 Å². The molecule has 1 aliphatic heterocycles. The van der Waals surface area contributed by atoms with Crippen LogP contribution in [0.2, 0.25) is 5.02 Å². The van der Waals surface area contributed by atoms with Crippen LogP contribution in [0.5, 0.6) is 0 Å². The van der Waals surface area contributed by atoms with Crippen LogP contribution in [0, 0.1) is 5.92 Å². The van der Waals surface area contributed by atoms with Crippen LogP contribution in [0.1, 0.15) is 12.8 Å². The predicted octanol–water partition coefficient (Wildman–Crippen LogP) is 0.647. The minimum Gasteiger partial charge on any atom is -0.469 e. The summed E-state index contributed by atoms with van der Waals surface area (Å²) < 4.78 is 32.3. The molecule has 0 amide bonds. The second-order valence-electron chi connectivity index (χ2n) is 4.65. The molecule has 1 fully saturated rings. The number of rotatable bonds is 3. The number of aromatic nitrogens is 2. The van der Waals surface area contributed by atoms with Crippen LogP contribution in [0.25, 0.3) is 0 Å². The fourth-order valence-electron chi connectivity index (χ4n) is 2.33. The van der Waals surface area contributed by atoms with Crippen LogP contribution in [0.4, 0.5) is 0 Å². The number of piperidine rings is 1. The van der Waals surface area contributed by atoms with Crippen LogP contribution in [0.3, 0.4) is 0 Å². The van der Waals surface area contributed by atoms with Crippen LogP contribution >= 0.6 is 11.6 Å². The number of methoxy groups -OCH3 is 1. The first-order valence-electron chi connectivity index (χ1n) is 6.13. The molecule has 1 aromatic rings. The van der Waals surface area contributed by atoms with Crippen LogP contribution in [-0.2, 0) is 26.6 Å².